The summed E-state index contributed by atoms with van der Waals surface area (Å²) >= 11 is 7.47. The number of aryl methyl sites for hydroxylation is 2. The molecule has 2 nitrogen and oxygen atoms in total. The third kappa shape index (κ3) is 2.51. The minimum Gasteiger partial charge on any atom is -0.271 e. The first-order valence-electron chi connectivity index (χ1n) is 5.61. The number of rotatable bonds is 3. The van der Waals surface area contributed by atoms with Gasteiger partial charge in [-0.25, -0.2) is 14.2 Å². The van der Waals surface area contributed by atoms with Gasteiger partial charge in [-0.1, -0.05) is 17.7 Å². The van der Waals surface area contributed by atoms with E-state index in [0.717, 1.165) is 5.56 Å². The van der Waals surface area contributed by atoms with Crippen LogP contribution in [-0.4, -0.2) is 0 Å². The van der Waals surface area contributed by atoms with E-state index in [-0.39, 0.29) is 5.56 Å². The van der Waals surface area contributed by atoms with Gasteiger partial charge in [-0.2, -0.15) is 0 Å². The molecule has 1 aromatic carbocycles. The second-order valence-electron chi connectivity index (χ2n) is 4.29. The summed E-state index contributed by atoms with van der Waals surface area (Å²) in [6.45, 7) is 3.41. The molecule has 2 aromatic rings. The molecule has 3 N–H and O–H groups in total. The first kappa shape index (κ1) is 14.4. The zero-order chi connectivity index (χ0) is 14.2. The molecule has 0 bridgehead atoms. The molecule has 1 aromatic heterocycles. The molecule has 19 heavy (non-hydrogen) atoms. The van der Waals surface area contributed by atoms with Gasteiger partial charge < -0.3 is 0 Å². The van der Waals surface area contributed by atoms with Gasteiger partial charge in [0.05, 0.1) is 11.1 Å². The van der Waals surface area contributed by atoms with E-state index in [2.05, 4.69) is 5.43 Å². The van der Waals surface area contributed by atoms with Crippen molar-refractivity contribution in [1.29, 1.82) is 0 Å². The molecule has 0 saturated carbocycles. The molecule has 2 rings (SSSR count). The number of nitrogens with one attached hydrogen (secondary N) is 1. The van der Waals surface area contributed by atoms with E-state index < -0.39 is 17.7 Å². The SMILES string of the molecule is Cc1ccc(F)c(C(NN)c2scc(C)c2Cl)c1F. The average molecular weight is 303 g/mol. The summed E-state index contributed by atoms with van der Waals surface area (Å²) in [6.07, 6.45) is 0. The zero-order valence-electron chi connectivity index (χ0n) is 10.4. The molecule has 0 fully saturated rings. The van der Waals surface area contributed by atoms with Crippen molar-refractivity contribution in [3.05, 3.63) is 55.7 Å². The molecule has 0 saturated heterocycles. The lowest BCUT2D eigenvalue weighted by Gasteiger charge is -2.18. The summed E-state index contributed by atoms with van der Waals surface area (Å²) in [5.74, 6) is 4.22. The Kier molecular flexibility index (Phi) is 4.20. The van der Waals surface area contributed by atoms with Crippen LogP contribution in [0.1, 0.15) is 27.6 Å². The van der Waals surface area contributed by atoms with Crippen molar-refractivity contribution < 1.29 is 8.78 Å². The van der Waals surface area contributed by atoms with Gasteiger partial charge in [0.1, 0.15) is 11.6 Å². The van der Waals surface area contributed by atoms with Crippen LogP contribution in [0.15, 0.2) is 17.5 Å². The molecular formula is C13H13ClF2N2S. The fourth-order valence-corrected chi connectivity index (χ4v) is 3.25. The van der Waals surface area contributed by atoms with Crippen LogP contribution in [0.4, 0.5) is 8.78 Å². The fraction of sp³-hybridized carbons (Fsp3) is 0.231. The number of hydrogen-bond donors (Lipinski definition) is 2. The standard InChI is InChI=1S/C13H13ClF2N2S/c1-6-3-4-8(15)9(11(6)16)12(18-17)13-10(14)7(2)5-19-13/h3-5,12,18H,17H2,1-2H3. The van der Waals surface area contributed by atoms with E-state index in [1.54, 1.807) is 6.92 Å². The van der Waals surface area contributed by atoms with Gasteiger partial charge in [0, 0.05) is 10.4 Å². The molecule has 0 aliphatic heterocycles. The van der Waals surface area contributed by atoms with Crippen LogP contribution in [0.3, 0.4) is 0 Å². The van der Waals surface area contributed by atoms with Crippen LogP contribution in [0.25, 0.3) is 0 Å². The predicted molar refractivity (Wildman–Crippen MR) is 74.3 cm³/mol. The minimum atomic E-state index is -0.800. The van der Waals surface area contributed by atoms with Crippen molar-refractivity contribution in [2.24, 2.45) is 5.84 Å². The van der Waals surface area contributed by atoms with E-state index in [9.17, 15) is 8.78 Å². The summed E-state index contributed by atoms with van der Waals surface area (Å²) in [7, 11) is 0. The van der Waals surface area contributed by atoms with Gasteiger partial charge in [-0.3, -0.25) is 5.84 Å². The Morgan fingerprint density at radius 1 is 1.26 bits per heavy atom. The third-order valence-electron chi connectivity index (χ3n) is 2.96. The average Bonchev–Trinajstić information content (AvgIpc) is 2.71. The number of nitrogens with two attached hydrogens (primary N) is 1. The summed E-state index contributed by atoms with van der Waals surface area (Å²) in [4.78, 5) is 0.602. The number of thiophene rings is 1. The van der Waals surface area contributed by atoms with Crippen LogP contribution in [0, 0.1) is 25.5 Å². The topological polar surface area (TPSA) is 38.0 Å². The Balaban J connectivity index is 2.61. The maximum Gasteiger partial charge on any atom is 0.134 e. The Morgan fingerprint density at radius 3 is 2.47 bits per heavy atom. The quantitative estimate of drug-likeness (QED) is 0.667. The van der Waals surface area contributed by atoms with Gasteiger partial charge in [-0.05, 0) is 36.4 Å². The highest BCUT2D eigenvalue weighted by Crippen LogP contribution is 2.37. The number of hydrazine groups is 1. The van der Waals surface area contributed by atoms with E-state index in [4.69, 9.17) is 17.4 Å². The minimum absolute atomic E-state index is 0.105. The second-order valence-corrected chi connectivity index (χ2v) is 5.58. The Bertz CT molecular complexity index is 613. The van der Waals surface area contributed by atoms with E-state index >= 15 is 0 Å². The first-order valence-corrected chi connectivity index (χ1v) is 6.87. The number of benzene rings is 1. The van der Waals surface area contributed by atoms with Crippen molar-refractivity contribution in [3.63, 3.8) is 0 Å². The van der Waals surface area contributed by atoms with Crippen molar-refractivity contribution in [2.75, 3.05) is 0 Å². The fourth-order valence-electron chi connectivity index (χ4n) is 1.88. The molecule has 0 spiro atoms. The Hall–Kier alpha value is -1.01. The lowest BCUT2D eigenvalue weighted by molar-refractivity contribution is 0.509. The Labute approximate surface area is 119 Å². The summed E-state index contributed by atoms with van der Waals surface area (Å²) in [5, 5.41) is 2.31. The third-order valence-corrected chi connectivity index (χ3v) is 4.74. The van der Waals surface area contributed by atoms with Crippen LogP contribution < -0.4 is 11.3 Å². The van der Waals surface area contributed by atoms with Crippen molar-refractivity contribution in [3.8, 4) is 0 Å². The van der Waals surface area contributed by atoms with Gasteiger partial charge in [0.2, 0.25) is 0 Å². The van der Waals surface area contributed by atoms with Gasteiger partial charge >= 0.3 is 0 Å². The monoisotopic (exact) mass is 302 g/mol. The highest BCUT2D eigenvalue weighted by atomic mass is 35.5. The summed E-state index contributed by atoms with van der Waals surface area (Å²) in [6, 6.07) is 1.82. The number of halogens is 3. The smallest absolute Gasteiger partial charge is 0.134 e. The molecule has 0 amide bonds. The van der Waals surface area contributed by atoms with Gasteiger partial charge in [0.25, 0.3) is 0 Å². The molecule has 1 heterocycles. The number of hydrogen-bond acceptors (Lipinski definition) is 3. The van der Waals surface area contributed by atoms with Crippen LogP contribution in [0.2, 0.25) is 5.02 Å². The van der Waals surface area contributed by atoms with E-state index in [1.807, 2.05) is 12.3 Å². The maximum atomic E-state index is 14.1. The largest absolute Gasteiger partial charge is 0.271 e. The molecule has 102 valence electrons. The van der Waals surface area contributed by atoms with Crippen molar-refractivity contribution >= 4 is 22.9 Å². The highest BCUT2D eigenvalue weighted by Gasteiger charge is 2.25. The van der Waals surface area contributed by atoms with E-state index in [1.165, 1.54) is 23.5 Å². The molecule has 1 atom stereocenters. The van der Waals surface area contributed by atoms with Crippen LogP contribution in [0.5, 0.6) is 0 Å². The lowest BCUT2D eigenvalue weighted by atomic mass is 10.0. The molecule has 0 aliphatic rings. The van der Waals surface area contributed by atoms with Crippen molar-refractivity contribution in [2.45, 2.75) is 19.9 Å². The van der Waals surface area contributed by atoms with Gasteiger partial charge in [0.15, 0.2) is 0 Å². The van der Waals surface area contributed by atoms with Crippen molar-refractivity contribution in [1.82, 2.24) is 5.43 Å². The lowest BCUT2D eigenvalue weighted by Crippen LogP contribution is -2.30. The molecular weight excluding hydrogens is 290 g/mol. The summed E-state index contributed by atoms with van der Waals surface area (Å²) < 4.78 is 28.1. The second kappa shape index (κ2) is 5.54. The van der Waals surface area contributed by atoms with Crippen LogP contribution >= 0.6 is 22.9 Å². The molecule has 1 unspecified atom stereocenters. The zero-order valence-corrected chi connectivity index (χ0v) is 12.0. The van der Waals surface area contributed by atoms with Gasteiger partial charge in [-0.15, -0.1) is 11.3 Å². The highest BCUT2D eigenvalue weighted by molar-refractivity contribution is 7.10. The summed E-state index contributed by atoms with van der Waals surface area (Å²) in [5.41, 5.74) is 3.56. The molecule has 0 radical (unpaired) electrons. The predicted octanol–water partition coefficient (Wildman–Crippen LogP) is 3.85. The first-order chi connectivity index (χ1) is 8.97. The normalized spacial score (nSPS) is 12.7. The molecule has 6 heteroatoms. The Morgan fingerprint density at radius 2 is 1.95 bits per heavy atom. The maximum absolute atomic E-state index is 14.1. The molecule has 0 aliphatic carbocycles. The van der Waals surface area contributed by atoms with Crippen LogP contribution in [-0.2, 0) is 0 Å². The van der Waals surface area contributed by atoms with E-state index in [0.29, 0.717) is 15.5 Å².